The number of hydrogen-bond acceptors (Lipinski definition) is 6. The van der Waals surface area contributed by atoms with E-state index in [2.05, 4.69) is 0 Å². The minimum Gasteiger partial charge on any atom is -0.492 e. The maximum atomic E-state index is 12.2. The number of ether oxygens (including phenoxy) is 3. The molecule has 0 spiro atoms. The SMILES string of the molecule is CCOc1cc(/C=C2/SC(=S)N(C)C2=O)ccc1OCCCOc1ccccc1Cl. The lowest BCUT2D eigenvalue weighted by molar-refractivity contribution is -0.121. The van der Waals surface area contributed by atoms with Gasteiger partial charge in [-0.05, 0) is 42.8 Å². The lowest BCUT2D eigenvalue weighted by Gasteiger charge is -2.13. The highest BCUT2D eigenvalue weighted by Gasteiger charge is 2.28. The molecule has 5 nitrogen and oxygen atoms in total. The molecule has 0 unspecified atom stereocenters. The molecule has 0 bridgehead atoms. The van der Waals surface area contributed by atoms with Crippen molar-refractivity contribution < 1.29 is 19.0 Å². The topological polar surface area (TPSA) is 48.0 Å². The van der Waals surface area contributed by atoms with Crippen molar-refractivity contribution in [2.45, 2.75) is 13.3 Å². The number of halogens is 1. The van der Waals surface area contributed by atoms with Crippen LogP contribution in [0.4, 0.5) is 0 Å². The number of hydrogen-bond donors (Lipinski definition) is 0. The monoisotopic (exact) mass is 463 g/mol. The molecule has 2 aromatic carbocycles. The van der Waals surface area contributed by atoms with E-state index in [9.17, 15) is 4.79 Å². The zero-order chi connectivity index (χ0) is 21.5. The third-order valence-corrected chi connectivity index (χ3v) is 5.99. The van der Waals surface area contributed by atoms with Gasteiger partial charge in [-0.15, -0.1) is 0 Å². The molecule has 0 aliphatic carbocycles. The summed E-state index contributed by atoms with van der Waals surface area (Å²) in [6.45, 7) is 3.38. The molecular weight excluding hydrogens is 442 g/mol. The minimum absolute atomic E-state index is 0.0956. The molecule has 1 saturated heterocycles. The summed E-state index contributed by atoms with van der Waals surface area (Å²) in [4.78, 5) is 14.3. The van der Waals surface area contributed by atoms with Crippen LogP contribution in [0, 0.1) is 0 Å². The van der Waals surface area contributed by atoms with Crippen molar-refractivity contribution in [1.29, 1.82) is 0 Å². The maximum absolute atomic E-state index is 12.2. The molecule has 0 radical (unpaired) electrons. The van der Waals surface area contributed by atoms with Crippen molar-refractivity contribution in [3.8, 4) is 17.2 Å². The summed E-state index contributed by atoms with van der Waals surface area (Å²) in [6, 6.07) is 13.0. The van der Waals surface area contributed by atoms with E-state index in [1.165, 1.54) is 16.7 Å². The smallest absolute Gasteiger partial charge is 0.265 e. The first kappa shape index (κ1) is 22.5. The van der Waals surface area contributed by atoms with Gasteiger partial charge < -0.3 is 14.2 Å². The van der Waals surface area contributed by atoms with Crippen LogP contribution in [0.25, 0.3) is 6.08 Å². The van der Waals surface area contributed by atoms with Crippen LogP contribution in [-0.4, -0.2) is 42.0 Å². The van der Waals surface area contributed by atoms with E-state index < -0.39 is 0 Å². The average Bonchev–Trinajstić information content (AvgIpc) is 2.97. The van der Waals surface area contributed by atoms with Gasteiger partial charge in [0.2, 0.25) is 0 Å². The Kier molecular flexibility index (Phi) is 8.01. The Labute approximate surface area is 190 Å². The van der Waals surface area contributed by atoms with Crippen LogP contribution in [-0.2, 0) is 4.79 Å². The second-order valence-electron chi connectivity index (χ2n) is 6.36. The van der Waals surface area contributed by atoms with E-state index >= 15 is 0 Å². The van der Waals surface area contributed by atoms with Crippen molar-refractivity contribution in [1.82, 2.24) is 4.90 Å². The summed E-state index contributed by atoms with van der Waals surface area (Å²) in [5.74, 6) is 1.85. The molecule has 2 aromatic rings. The molecular formula is C22H22ClNO4S2. The number of para-hydroxylation sites is 1. The Morgan fingerprint density at radius 2 is 1.80 bits per heavy atom. The van der Waals surface area contributed by atoms with Gasteiger partial charge in [-0.2, -0.15) is 0 Å². The molecule has 1 amide bonds. The molecule has 1 aliphatic rings. The first-order valence-corrected chi connectivity index (χ1v) is 11.1. The predicted molar refractivity (Wildman–Crippen MR) is 126 cm³/mol. The van der Waals surface area contributed by atoms with Gasteiger partial charge in [-0.25, -0.2) is 0 Å². The van der Waals surface area contributed by atoms with Gasteiger partial charge in [0, 0.05) is 13.5 Å². The number of nitrogens with zero attached hydrogens (tertiary/aromatic N) is 1. The fraction of sp³-hybridized carbons (Fsp3) is 0.273. The van der Waals surface area contributed by atoms with E-state index in [1.807, 2.05) is 49.4 Å². The summed E-state index contributed by atoms with van der Waals surface area (Å²) < 4.78 is 17.8. The molecule has 30 heavy (non-hydrogen) atoms. The maximum Gasteiger partial charge on any atom is 0.265 e. The lowest BCUT2D eigenvalue weighted by Crippen LogP contribution is -2.22. The zero-order valence-electron chi connectivity index (χ0n) is 16.7. The van der Waals surface area contributed by atoms with Gasteiger partial charge in [0.15, 0.2) is 11.5 Å². The minimum atomic E-state index is -0.0956. The lowest BCUT2D eigenvalue weighted by atomic mass is 10.2. The Morgan fingerprint density at radius 3 is 2.47 bits per heavy atom. The predicted octanol–water partition coefficient (Wildman–Crippen LogP) is 5.42. The highest BCUT2D eigenvalue weighted by molar-refractivity contribution is 8.26. The van der Waals surface area contributed by atoms with Gasteiger partial charge in [-0.1, -0.05) is 53.8 Å². The molecule has 1 aliphatic heterocycles. The number of rotatable bonds is 9. The Hall–Kier alpha value is -2.22. The molecule has 0 N–H and O–H groups in total. The number of benzene rings is 2. The third-order valence-electron chi connectivity index (χ3n) is 4.19. The average molecular weight is 464 g/mol. The van der Waals surface area contributed by atoms with E-state index in [-0.39, 0.29) is 5.91 Å². The van der Waals surface area contributed by atoms with Gasteiger partial charge in [0.25, 0.3) is 5.91 Å². The molecule has 3 rings (SSSR count). The Bertz CT molecular complexity index is 964. The van der Waals surface area contributed by atoms with E-state index in [0.717, 1.165) is 5.56 Å². The normalized spacial score (nSPS) is 15.0. The van der Waals surface area contributed by atoms with Crippen molar-refractivity contribution in [2.75, 3.05) is 26.9 Å². The highest BCUT2D eigenvalue weighted by Crippen LogP contribution is 2.34. The second-order valence-corrected chi connectivity index (χ2v) is 8.44. The summed E-state index contributed by atoms with van der Waals surface area (Å²) in [6.07, 6.45) is 2.50. The van der Waals surface area contributed by atoms with Crippen LogP contribution < -0.4 is 14.2 Å². The van der Waals surface area contributed by atoms with Crippen molar-refractivity contribution in [3.05, 3.63) is 58.0 Å². The number of carbonyl (C=O) groups is 1. The molecule has 0 aromatic heterocycles. The summed E-state index contributed by atoms with van der Waals surface area (Å²) in [5.41, 5.74) is 0.849. The third kappa shape index (κ3) is 5.68. The molecule has 0 saturated carbocycles. The number of thioether (sulfide) groups is 1. The van der Waals surface area contributed by atoms with Crippen LogP contribution in [0.2, 0.25) is 5.02 Å². The Morgan fingerprint density at radius 1 is 1.07 bits per heavy atom. The fourth-order valence-electron chi connectivity index (χ4n) is 2.68. The summed E-state index contributed by atoms with van der Waals surface area (Å²) in [5, 5.41) is 0.590. The van der Waals surface area contributed by atoms with Crippen LogP contribution >= 0.6 is 35.6 Å². The largest absolute Gasteiger partial charge is 0.492 e. The van der Waals surface area contributed by atoms with Gasteiger partial charge >= 0.3 is 0 Å². The molecule has 0 atom stereocenters. The van der Waals surface area contributed by atoms with Crippen LogP contribution in [0.3, 0.4) is 0 Å². The molecule has 8 heteroatoms. The molecule has 1 heterocycles. The molecule has 158 valence electrons. The quantitative estimate of drug-likeness (QED) is 0.281. The van der Waals surface area contributed by atoms with Gasteiger partial charge in [0.1, 0.15) is 10.1 Å². The summed E-state index contributed by atoms with van der Waals surface area (Å²) >= 11 is 12.5. The van der Waals surface area contributed by atoms with Gasteiger partial charge in [0.05, 0.1) is 29.7 Å². The first-order chi connectivity index (χ1) is 14.5. The van der Waals surface area contributed by atoms with E-state index in [0.29, 0.717) is 57.7 Å². The first-order valence-electron chi connectivity index (χ1n) is 9.48. The second kappa shape index (κ2) is 10.7. The van der Waals surface area contributed by atoms with Crippen LogP contribution in [0.15, 0.2) is 47.4 Å². The van der Waals surface area contributed by atoms with Crippen molar-refractivity contribution >= 4 is 51.9 Å². The number of likely N-dealkylation sites (N-methyl/N-ethyl adjacent to an activating group) is 1. The highest BCUT2D eigenvalue weighted by atomic mass is 35.5. The zero-order valence-corrected chi connectivity index (χ0v) is 19.1. The number of carbonyl (C=O) groups excluding carboxylic acids is 1. The van der Waals surface area contributed by atoms with Crippen molar-refractivity contribution in [2.24, 2.45) is 0 Å². The van der Waals surface area contributed by atoms with Gasteiger partial charge in [-0.3, -0.25) is 9.69 Å². The van der Waals surface area contributed by atoms with Crippen LogP contribution in [0.1, 0.15) is 18.9 Å². The Balaban J connectivity index is 1.59. The van der Waals surface area contributed by atoms with E-state index in [4.69, 9.17) is 38.0 Å². The number of thiocarbonyl (C=S) groups is 1. The van der Waals surface area contributed by atoms with E-state index in [1.54, 1.807) is 13.1 Å². The molecule has 1 fully saturated rings. The van der Waals surface area contributed by atoms with Crippen LogP contribution in [0.5, 0.6) is 17.2 Å². The standard InChI is InChI=1S/C22H22ClNO4S2/c1-3-26-19-13-15(14-20-21(25)24(2)22(29)30-20)9-10-18(19)28-12-6-11-27-17-8-5-4-7-16(17)23/h4-5,7-10,13-14H,3,6,11-12H2,1-2H3/b20-14+. The fourth-order valence-corrected chi connectivity index (χ4v) is 4.05. The number of amides is 1. The summed E-state index contributed by atoms with van der Waals surface area (Å²) in [7, 11) is 1.68. The van der Waals surface area contributed by atoms with Crippen molar-refractivity contribution in [3.63, 3.8) is 0 Å².